The third-order valence-corrected chi connectivity index (χ3v) is 6.86. The summed E-state index contributed by atoms with van der Waals surface area (Å²) in [4.78, 5) is 26.8. The number of amides is 1. The number of hydrogen-bond acceptors (Lipinski definition) is 5. The molecule has 2 N–H and O–H groups in total. The zero-order chi connectivity index (χ0) is 27.4. The van der Waals surface area contributed by atoms with E-state index in [0.29, 0.717) is 42.1 Å². The zero-order valence-electron chi connectivity index (χ0n) is 21.4. The molecule has 0 saturated carbocycles. The first-order chi connectivity index (χ1) is 18.9. The van der Waals surface area contributed by atoms with Gasteiger partial charge in [-0.25, -0.2) is 4.79 Å². The van der Waals surface area contributed by atoms with Crippen LogP contribution in [-0.2, 0) is 6.54 Å². The molecule has 1 heterocycles. The molecule has 4 aromatic rings. The predicted octanol–water partition coefficient (Wildman–Crippen LogP) is 5.81. The van der Waals surface area contributed by atoms with Crippen LogP contribution in [0.4, 0.5) is 5.69 Å². The maximum absolute atomic E-state index is 13.0. The van der Waals surface area contributed by atoms with Crippen molar-refractivity contribution in [3.8, 4) is 22.9 Å². The number of ether oxygens (including phenoxy) is 1. The summed E-state index contributed by atoms with van der Waals surface area (Å²) in [5.74, 6) is -0.490. The lowest BCUT2D eigenvalue weighted by atomic mass is 9.98. The second kappa shape index (κ2) is 11.1. The molecule has 5 rings (SSSR count). The van der Waals surface area contributed by atoms with Gasteiger partial charge in [-0.1, -0.05) is 54.6 Å². The van der Waals surface area contributed by atoms with E-state index < -0.39 is 5.97 Å². The van der Waals surface area contributed by atoms with Gasteiger partial charge in [0, 0.05) is 12.1 Å². The number of fused-ring (bicyclic) bond motifs is 1. The maximum atomic E-state index is 13.0. The molecule has 0 radical (unpaired) electrons. The molecule has 1 atom stereocenters. The van der Waals surface area contributed by atoms with Gasteiger partial charge in [0.25, 0.3) is 5.91 Å². The van der Waals surface area contributed by atoms with Crippen LogP contribution < -0.4 is 15.0 Å². The summed E-state index contributed by atoms with van der Waals surface area (Å²) in [5.41, 5.74) is 5.82. The van der Waals surface area contributed by atoms with Gasteiger partial charge in [0.05, 0.1) is 35.5 Å². The highest BCUT2D eigenvalue weighted by molar-refractivity contribution is 5.96. The van der Waals surface area contributed by atoms with Crippen LogP contribution in [0.3, 0.4) is 0 Å². The highest BCUT2D eigenvalue weighted by Gasteiger charge is 2.21. The van der Waals surface area contributed by atoms with Crippen LogP contribution in [0.5, 0.6) is 5.75 Å². The standard InChI is InChI=1S/C32H27N3O4/c1-21(24-10-6-22(19-33)7-11-24)34-31(36)26-14-15-29-30(18-26)39-17-16-35(29)20-23-8-12-25(13-9-23)27-4-2-3-5-28(27)32(37)38/h2-15,18,21H,16-17,20H2,1H3,(H,34,36)(H,37,38)/t21-/m1/s1. The average Bonchev–Trinajstić information content (AvgIpc) is 2.97. The predicted molar refractivity (Wildman–Crippen MR) is 149 cm³/mol. The van der Waals surface area contributed by atoms with Gasteiger partial charge in [-0.2, -0.15) is 5.26 Å². The Morgan fingerprint density at radius 1 is 1.03 bits per heavy atom. The van der Waals surface area contributed by atoms with E-state index in [2.05, 4.69) is 16.3 Å². The number of aromatic carboxylic acids is 1. The molecule has 1 aliphatic rings. The molecule has 0 saturated heterocycles. The van der Waals surface area contributed by atoms with Crippen molar-refractivity contribution >= 4 is 17.6 Å². The second-order valence-electron chi connectivity index (χ2n) is 9.43. The number of carboxylic acids is 1. The summed E-state index contributed by atoms with van der Waals surface area (Å²) < 4.78 is 5.90. The van der Waals surface area contributed by atoms with Crippen molar-refractivity contribution < 1.29 is 19.4 Å². The molecule has 194 valence electrons. The summed E-state index contributed by atoms with van der Waals surface area (Å²) in [6.07, 6.45) is 0. The van der Waals surface area contributed by atoms with Gasteiger partial charge >= 0.3 is 5.97 Å². The van der Waals surface area contributed by atoms with E-state index in [4.69, 9.17) is 10.00 Å². The quantitative estimate of drug-likeness (QED) is 0.321. The van der Waals surface area contributed by atoms with Crippen LogP contribution in [0, 0.1) is 11.3 Å². The fourth-order valence-corrected chi connectivity index (χ4v) is 4.72. The molecule has 1 aliphatic heterocycles. The van der Waals surface area contributed by atoms with Gasteiger partial charge in [0.15, 0.2) is 0 Å². The minimum atomic E-state index is -0.948. The highest BCUT2D eigenvalue weighted by Crippen LogP contribution is 2.34. The number of benzene rings is 4. The zero-order valence-corrected chi connectivity index (χ0v) is 21.4. The molecule has 0 aromatic heterocycles. The lowest BCUT2D eigenvalue weighted by Crippen LogP contribution is -2.32. The van der Waals surface area contributed by atoms with Crippen molar-refractivity contribution in [2.24, 2.45) is 0 Å². The molecule has 4 aromatic carbocycles. The normalized spacial score (nSPS) is 13.0. The maximum Gasteiger partial charge on any atom is 0.336 e. The van der Waals surface area contributed by atoms with E-state index in [-0.39, 0.29) is 17.5 Å². The Morgan fingerprint density at radius 3 is 2.49 bits per heavy atom. The number of carbonyl (C=O) groups is 2. The van der Waals surface area contributed by atoms with E-state index in [0.717, 1.165) is 22.4 Å². The minimum absolute atomic E-state index is 0.201. The van der Waals surface area contributed by atoms with Gasteiger partial charge in [0.1, 0.15) is 12.4 Å². The van der Waals surface area contributed by atoms with E-state index >= 15 is 0 Å². The number of hydrogen-bond donors (Lipinski definition) is 2. The Hall–Kier alpha value is -5.09. The van der Waals surface area contributed by atoms with Crippen molar-refractivity contribution in [3.63, 3.8) is 0 Å². The third kappa shape index (κ3) is 5.60. The van der Waals surface area contributed by atoms with Crippen molar-refractivity contribution in [1.29, 1.82) is 5.26 Å². The molecule has 7 nitrogen and oxygen atoms in total. The van der Waals surface area contributed by atoms with Crippen LogP contribution in [0.15, 0.2) is 91.0 Å². The van der Waals surface area contributed by atoms with Crippen molar-refractivity contribution in [1.82, 2.24) is 5.32 Å². The summed E-state index contributed by atoms with van der Waals surface area (Å²) in [7, 11) is 0. The number of nitrogens with zero attached hydrogens (tertiary/aromatic N) is 2. The Labute approximate surface area is 226 Å². The van der Waals surface area contributed by atoms with Gasteiger partial charge in [0.2, 0.25) is 0 Å². The molecule has 1 amide bonds. The molecule has 0 aliphatic carbocycles. The Bertz CT molecular complexity index is 1560. The molecule has 0 unspecified atom stereocenters. The van der Waals surface area contributed by atoms with Crippen molar-refractivity contribution in [2.45, 2.75) is 19.5 Å². The average molecular weight is 518 g/mol. The first-order valence-electron chi connectivity index (χ1n) is 12.7. The topological polar surface area (TPSA) is 103 Å². The van der Waals surface area contributed by atoms with E-state index in [1.165, 1.54) is 0 Å². The first-order valence-corrected chi connectivity index (χ1v) is 12.7. The summed E-state index contributed by atoms with van der Waals surface area (Å²) >= 11 is 0. The molecule has 0 spiro atoms. The van der Waals surface area contributed by atoms with Crippen LogP contribution in [0.25, 0.3) is 11.1 Å². The van der Waals surface area contributed by atoms with Crippen LogP contribution in [0.1, 0.15) is 50.4 Å². The van der Waals surface area contributed by atoms with E-state index in [1.54, 1.807) is 36.4 Å². The van der Waals surface area contributed by atoms with E-state index in [1.807, 2.05) is 61.5 Å². The Kier molecular flexibility index (Phi) is 7.28. The molecule has 0 fully saturated rings. The van der Waals surface area contributed by atoms with E-state index in [9.17, 15) is 14.7 Å². The van der Waals surface area contributed by atoms with Gasteiger partial charge in [-0.15, -0.1) is 0 Å². The molecule has 0 bridgehead atoms. The van der Waals surface area contributed by atoms with Crippen LogP contribution in [-0.4, -0.2) is 30.1 Å². The smallest absolute Gasteiger partial charge is 0.336 e. The Morgan fingerprint density at radius 2 is 1.77 bits per heavy atom. The van der Waals surface area contributed by atoms with Gasteiger partial charge in [-0.05, 0) is 65.6 Å². The number of rotatable bonds is 7. The minimum Gasteiger partial charge on any atom is -0.490 e. The lowest BCUT2D eigenvalue weighted by molar-refractivity contribution is 0.0697. The van der Waals surface area contributed by atoms with Gasteiger partial charge in [-0.3, -0.25) is 4.79 Å². The SMILES string of the molecule is C[C@@H](NC(=O)c1ccc2c(c1)OCCN2Cc1ccc(-c2ccccc2C(=O)O)cc1)c1ccc(C#N)cc1. The molecular formula is C32H27N3O4. The van der Waals surface area contributed by atoms with Crippen LogP contribution >= 0.6 is 0 Å². The number of nitrogens with one attached hydrogen (secondary N) is 1. The fraction of sp³-hybridized carbons (Fsp3) is 0.156. The summed E-state index contributed by atoms with van der Waals surface area (Å²) in [6, 6.07) is 29.4. The number of anilines is 1. The summed E-state index contributed by atoms with van der Waals surface area (Å²) in [6.45, 7) is 3.77. The third-order valence-electron chi connectivity index (χ3n) is 6.86. The lowest BCUT2D eigenvalue weighted by Gasteiger charge is -2.31. The first kappa shape index (κ1) is 25.6. The summed E-state index contributed by atoms with van der Waals surface area (Å²) in [5, 5.41) is 21.5. The van der Waals surface area contributed by atoms with Crippen molar-refractivity contribution in [2.75, 3.05) is 18.1 Å². The number of carboxylic acid groups (broad SMARTS) is 1. The van der Waals surface area contributed by atoms with Crippen molar-refractivity contribution in [3.05, 3.63) is 119 Å². The van der Waals surface area contributed by atoms with Gasteiger partial charge < -0.3 is 20.1 Å². The second-order valence-corrected chi connectivity index (χ2v) is 9.43. The number of carbonyl (C=O) groups excluding carboxylic acids is 1. The largest absolute Gasteiger partial charge is 0.490 e. The molecule has 39 heavy (non-hydrogen) atoms. The number of nitriles is 1. The molecule has 7 heteroatoms. The monoisotopic (exact) mass is 517 g/mol. The fourth-order valence-electron chi connectivity index (χ4n) is 4.72. The van der Waals surface area contributed by atoms with Crippen LogP contribution in [0.2, 0.25) is 0 Å². The molecular weight excluding hydrogens is 490 g/mol. The highest BCUT2D eigenvalue weighted by atomic mass is 16.5. The Balaban J connectivity index is 1.28.